The monoisotopic (exact) mass is 322 g/mol. The van der Waals surface area contributed by atoms with Crippen LogP contribution < -0.4 is 5.32 Å². The molecule has 23 heavy (non-hydrogen) atoms. The number of nitrogens with one attached hydrogen (secondary N) is 1. The van der Waals surface area contributed by atoms with Crippen molar-refractivity contribution in [3.05, 3.63) is 51.9 Å². The first-order chi connectivity index (χ1) is 11.0. The number of nitriles is 3. The van der Waals surface area contributed by atoms with Crippen molar-refractivity contribution < 1.29 is 0 Å². The Bertz CT molecular complexity index is 902. The van der Waals surface area contributed by atoms with Crippen molar-refractivity contribution in [3.8, 4) is 23.9 Å². The number of allylic oxidation sites excluding steroid dienone is 2. The Morgan fingerprint density at radius 1 is 1.13 bits per heavy atom. The second-order valence-electron chi connectivity index (χ2n) is 4.62. The molecule has 2 aromatic rings. The van der Waals surface area contributed by atoms with Gasteiger partial charge < -0.3 is 5.32 Å². The van der Waals surface area contributed by atoms with E-state index in [0.717, 1.165) is 5.69 Å². The highest BCUT2D eigenvalue weighted by molar-refractivity contribution is 6.31. The number of aromatic nitrogens is 2. The number of aryl methyl sites for hydroxylation is 1. The molecular weight excluding hydrogens is 312 g/mol. The van der Waals surface area contributed by atoms with Crippen LogP contribution in [-0.2, 0) is 0 Å². The van der Waals surface area contributed by atoms with Gasteiger partial charge >= 0.3 is 0 Å². The highest BCUT2D eigenvalue weighted by Gasteiger charge is 2.15. The summed E-state index contributed by atoms with van der Waals surface area (Å²) in [5.41, 5.74) is 2.23. The van der Waals surface area contributed by atoms with Gasteiger partial charge in [-0.1, -0.05) is 23.7 Å². The molecule has 0 fully saturated rings. The van der Waals surface area contributed by atoms with Gasteiger partial charge in [-0.3, -0.25) is 0 Å². The first-order valence-electron chi connectivity index (χ1n) is 6.56. The summed E-state index contributed by atoms with van der Waals surface area (Å²) in [6, 6.07) is 12.3. The van der Waals surface area contributed by atoms with Crippen LogP contribution in [0.3, 0.4) is 0 Å². The minimum atomic E-state index is -0.284. The van der Waals surface area contributed by atoms with Crippen molar-refractivity contribution in [2.75, 3.05) is 5.32 Å². The smallest absolute Gasteiger partial charge is 0.163 e. The third kappa shape index (κ3) is 3.01. The lowest BCUT2D eigenvalue weighted by Crippen LogP contribution is -2.07. The average molecular weight is 323 g/mol. The molecule has 0 radical (unpaired) electrons. The third-order valence-corrected chi connectivity index (χ3v) is 3.73. The minimum absolute atomic E-state index is 0.116. The molecule has 112 valence electrons. The molecule has 1 aromatic heterocycles. The van der Waals surface area contributed by atoms with Crippen LogP contribution in [0.5, 0.6) is 0 Å². The van der Waals surface area contributed by atoms with Crippen LogP contribution in [0.4, 0.5) is 5.69 Å². The van der Waals surface area contributed by atoms with Crippen LogP contribution in [0, 0.1) is 47.8 Å². The van der Waals surface area contributed by atoms with Crippen molar-refractivity contribution in [2.45, 2.75) is 13.8 Å². The van der Waals surface area contributed by atoms with E-state index < -0.39 is 0 Å². The van der Waals surface area contributed by atoms with Gasteiger partial charge in [0.25, 0.3) is 0 Å². The zero-order valence-electron chi connectivity index (χ0n) is 12.4. The van der Waals surface area contributed by atoms with Crippen LogP contribution >= 0.6 is 11.6 Å². The second-order valence-corrected chi connectivity index (χ2v) is 5.00. The quantitative estimate of drug-likeness (QED) is 0.873. The molecule has 0 unspecified atom stereocenters. The molecular formula is C16H11ClN6. The van der Waals surface area contributed by atoms with Crippen molar-refractivity contribution in [2.24, 2.45) is 0 Å². The average Bonchev–Trinajstić information content (AvgIpc) is 2.82. The van der Waals surface area contributed by atoms with Gasteiger partial charge in [0.15, 0.2) is 5.57 Å². The maximum absolute atomic E-state index is 9.17. The molecule has 1 aromatic carbocycles. The molecule has 0 aliphatic heterocycles. The number of rotatable bonds is 3. The standard InChI is InChI=1S/C16H11ClN6/c1-10-16(17)11(2)23(22-10)15-6-4-3-5-13(15)21-14(9-20)12(7-18)8-19/h3-6,21H,1-2H3. The van der Waals surface area contributed by atoms with E-state index >= 15 is 0 Å². The first-order valence-corrected chi connectivity index (χ1v) is 6.94. The van der Waals surface area contributed by atoms with E-state index in [9.17, 15) is 0 Å². The summed E-state index contributed by atoms with van der Waals surface area (Å²) in [4.78, 5) is 0. The van der Waals surface area contributed by atoms with E-state index in [1.807, 2.05) is 19.1 Å². The zero-order chi connectivity index (χ0) is 17.0. The Balaban J connectivity index is 2.58. The third-order valence-electron chi connectivity index (χ3n) is 3.18. The molecule has 0 spiro atoms. The normalized spacial score (nSPS) is 9.39. The van der Waals surface area contributed by atoms with Gasteiger partial charge in [-0.2, -0.15) is 20.9 Å². The maximum Gasteiger partial charge on any atom is 0.163 e. The van der Waals surface area contributed by atoms with E-state index in [0.29, 0.717) is 22.1 Å². The van der Waals surface area contributed by atoms with Gasteiger partial charge in [0.2, 0.25) is 0 Å². The summed E-state index contributed by atoms with van der Waals surface area (Å²) in [5.74, 6) is 0. The Labute approximate surface area is 138 Å². The number of hydrogen-bond donors (Lipinski definition) is 1. The summed E-state index contributed by atoms with van der Waals surface area (Å²) in [5, 5.41) is 34.8. The molecule has 0 saturated carbocycles. The Morgan fingerprint density at radius 3 is 2.30 bits per heavy atom. The van der Waals surface area contributed by atoms with E-state index in [1.165, 1.54) is 0 Å². The summed E-state index contributed by atoms with van der Waals surface area (Å²) in [7, 11) is 0. The van der Waals surface area contributed by atoms with Gasteiger partial charge in [-0.15, -0.1) is 0 Å². The molecule has 1 N–H and O–H groups in total. The van der Waals surface area contributed by atoms with Crippen LogP contribution in [0.1, 0.15) is 11.4 Å². The van der Waals surface area contributed by atoms with Gasteiger partial charge in [-0.05, 0) is 26.0 Å². The van der Waals surface area contributed by atoms with Crippen LogP contribution in [0.15, 0.2) is 35.5 Å². The largest absolute Gasteiger partial charge is 0.343 e. The summed E-state index contributed by atoms with van der Waals surface area (Å²) in [6.07, 6.45) is 0. The number of anilines is 1. The summed E-state index contributed by atoms with van der Waals surface area (Å²) < 4.78 is 1.65. The molecule has 0 aliphatic carbocycles. The highest BCUT2D eigenvalue weighted by Crippen LogP contribution is 2.27. The maximum atomic E-state index is 9.17. The molecule has 0 saturated heterocycles. The predicted molar refractivity (Wildman–Crippen MR) is 85.5 cm³/mol. The molecule has 0 amide bonds. The molecule has 2 rings (SSSR count). The van der Waals surface area contributed by atoms with Crippen LogP contribution in [-0.4, -0.2) is 9.78 Å². The van der Waals surface area contributed by atoms with Crippen LogP contribution in [0.2, 0.25) is 5.02 Å². The van der Waals surface area contributed by atoms with E-state index in [4.69, 9.17) is 27.4 Å². The lowest BCUT2D eigenvalue weighted by molar-refractivity contribution is 0.835. The Kier molecular flexibility index (Phi) is 4.66. The number of nitrogens with zero attached hydrogens (tertiary/aromatic N) is 5. The van der Waals surface area contributed by atoms with Crippen LogP contribution in [0.25, 0.3) is 5.69 Å². The highest BCUT2D eigenvalue weighted by atomic mass is 35.5. The lowest BCUT2D eigenvalue weighted by Gasteiger charge is -2.12. The van der Waals surface area contributed by atoms with E-state index in [-0.39, 0.29) is 11.3 Å². The SMILES string of the molecule is Cc1nn(-c2ccccc2NC(C#N)=C(C#N)C#N)c(C)c1Cl. The van der Waals surface area contributed by atoms with Crippen molar-refractivity contribution in [3.63, 3.8) is 0 Å². The summed E-state index contributed by atoms with van der Waals surface area (Å²) >= 11 is 6.18. The first kappa shape index (κ1) is 16.1. The van der Waals surface area contributed by atoms with E-state index in [1.54, 1.807) is 41.9 Å². The molecule has 0 bridgehead atoms. The zero-order valence-corrected chi connectivity index (χ0v) is 13.2. The summed E-state index contributed by atoms with van der Waals surface area (Å²) in [6.45, 7) is 3.63. The molecule has 1 heterocycles. The van der Waals surface area contributed by atoms with Crippen molar-refractivity contribution in [1.29, 1.82) is 15.8 Å². The molecule has 0 atom stereocenters. The fourth-order valence-corrected chi connectivity index (χ4v) is 2.16. The van der Waals surface area contributed by atoms with Crippen molar-refractivity contribution in [1.82, 2.24) is 9.78 Å². The molecule has 6 nitrogen and oxygen atoms in total. The minimum Gasteiger partial charge on any atom is -0.343 e. The number of benzene rings is 1. The number of halogens is 1. The Morgan fingerprint density at radius 2 is 1.78 bits per heavy atom. The van der Waals surface area contributed by atoms with Gasteiger partial charge in [0, 0.05) is 0 Å². The fraction of sp³-hybridized carbons (Fsp3) is 0.125. The fourth-order valence-electron chi connectivity index (χ4n) is 2.04. The number of para-hydroxylation sites is 2. The van der Waals surface area contributed by atoms with Gasteiger partial charge in [-0.25, -0.2) is 4.68 Å². The van der Waals surface area contributed by atoms with E-state index in [2.05, 4.69) is 10.4 Å². The molecule has 0 aliphatic rings. The Hall–Kier alpha value is -3.27. The predicted octanol–water partition coefficient (Wildman–Crippen LogP) is 3.38. The topological polar surface area (TPSA) is 101 Å². The van der Waals surface area contributed by atoms with Gasteiger partial charge in [0.1, 0.15) is 23.9 Å². The lowest BCUT2D eigenvalue weighted by atomic mass is 10.2. The van der Waals surface area contributed by atoms with Gasteiger partial charge in [0.05, 0.1) is 27.8 Å². The molecule has 7 heteroatoms. The second kappa shape index (κ2) is 6.66. The van der Waals surface area contributed by atoms with Crippen molar-refractivity contribution >= 4 is 17.3 Å². The number of hydrogen-bond acceptors (Lipinski definition) is 5.